The third kappa shape index (κ3) is 3.21. The van der Waals surface area contributed by atoms with Gasteiger partial charge in [-0.15, -0.1) is 0 Å². The van der Waals surface area contributed by atoms with Gasteiger partial charge in [0.2, 0.25) is 0 Å². The highest BCUT2D eigenvalue weighted by atomic mass is 16.1. The second-order valence-corrected chi connectivity index (χ2v) is 5.65. The van der Waals surface area contributed by atoms with Gasteiger partial charge in [0.25, 0.3) is 0 Å². The molecular weight excluding hydrogens is 312 g/mol. The van der Waals surface area contributed by atoms with E-state index in [2.05, 4.69) is 21.9 Å². The number of aromatic nitrogens is 3. The van der Waals surface area contributed by atoms with Crippen LogP contribution in [0.15, 0.2) is 61.6 Å². The number of ketones is 1. The van der Waals surface area contributed by atoms with E-state index in [1.165, 1.54) is 0 Å². The van der Waals surface area contributed by atoms with E-state index in [1.807, 2.05) is 48.7 Å². The van der Waals surface area contributed by atoms with Gasteiger partial charge in [-0.25, -0.2) is 4.98 Å². The molecule has 3 aromatic rings. The summed E-state index contributed by atoms with van der Waals surface area (Å²) in [6.45, 7) is 7.60. The van der Waals surface area contributed by atoms with E-state index in [0.29, 0.717) is 23.3 Å². The number of anilines is 2. The number of para-hydroxylation sites is 1. The Bertz CT molecular complexity index is 969. The molecular formula is C20H20N4O. The van der Waals surface area contributed by atoms with Gasteiger partial charge in [0.05, 0.1) is 6.20 Å². The summed E-state index contributed by atoms with van der Waals surface area (Å²) < 4.78 is 1.90. The van der Waals surface area contributed by atoms with Crippen LogP contribution < -0.4 is 5.32 Å². The molecule has 0 radical (unpaired) electrons. The first kappa shape index (κ1) is 16.6. The monoisotopic (exact) mass is 332 g/mol. The van der Waals surface area contributed by atoms with Crippen LogP contribution in [0.1, 0.15) is 24.6 Å². The molecule has 126 valence electrons. The lowest BCUT2D eigenvalue weighted by atomic mass is 10.0. The number of aryl methyl sites for hydroxylation is 1. The van der Waals surface area contributed by atoms with Crippen LogP contribution in [-0.2, 0) is 4.79 Å². The zero-order valence-electron chi connectivity index (χ0n) is 14.4. The van der Waals surface area contributed by atoms with Crippen molar-refractivity contribution in [1.29, 1.82) is 0 Å². The molecule has 0 amide bonds. The fraction of sp³-hybridized carbons (Fsp3) is 0.150. The topological polar surface area (TPSA) is 59.3 Å². The number of rotatable bonds is 6. The Morgan fingerprint density at radius 3 is 2.88 bits per heavy atom. The van der Waals surface area contributed by atoms with Gasteiger partial charge in [0, 0.05) is 30.1 Å². The molecule has 0 bridgehead atoms. The summed E-state index contributed by atoms with van der Waals surface area (Å²) in [5.74, 6) is 0.755. The lowest BCUT2D eigenvalue weighted by Gasteiger charge is -2.12. The van der Waals surface area contributed by atoms with E-state index in [4.69, 9.17) is 0 Å². The Hall–Kier alpha value is -3.21. The van der Waals surface area contributed by atoms with Crippen molar-refractivity contribution in [3.8, 4) is 0 Å². The van der Waals surface area contributed by atoms with Crippen LogP contribution in [0.3, 0.4) is 0 Å². The standard InChI is InChI=1S/C20H20N4O/c1-4-8-15(17(25)5-2)19-20(22-16-10-7-6-9-14(16)3)24-12-11-21-13-18(24)23-19/h4,6-13,22H,1,5H2,2-3H3/b15-8+. The number of Topliss-reactive ketones (excluding diaryl/α,β-unsaturated/α-hetero) is 1. The van der Waals surface area contributed by atoms with Gasteiger partial charge in [-0.2, -0.15) is 0 Å². The molecule has 0 unspecified atom stereocenters. The molecule has 5 nitrogen and oxygen atoms in total. The average Bonchev–Trinajstić information content (AvgIpc) is 2.99. The van der Waals surface area contributed by atoms with Gasteiger partial charge < -0.3 is 5.32 Å². The van der Waals surface area contributed by atoms with Gasteiger partial charge in [0.1, 0.15) is 11.5 Å². The van der Waals surface area contributed by atoms with Crippen molar-refractivity contribution in [3.63, 3.8) is 0 Å². The Labute approximate surface area is 146 Å². The second kappa shape index (κ2) is 7.13. The van der Waals surface area contributed by atoms with E-state index in [1.54, 1.807) is 24.5 Å². The first-order valence-electron chi connectivity index (χ1n) is 8.16. The Morgan fingerprint density at radius 2 is 2.16 bits per heavy atom. The number of fused-ring (bicyclic) bond motifs is 1. The van der Waals surface area contributed by atoms with E-state index >= 15 is 0 Å². The number of imidazole rings is 1. The lowest BCUT2D eigenvalue weighted by Crippen LogP contribution is -2.05. The third-order valence-electron chi connectivity index (χ3n) is 3.99. The fourth-order valence-electron chi connectivity index (χ4n) is 2.67. The molecule has 0 aliphatic rings. The summed E-state index contributed by atoms with van der Waals surface area (Å²) in [4.78, 5) is 21.2. The summed E-state index contributed by atoms with van der Waals surface area (Å²) in [5, 5.41) is 3.43. The summed E-state index contributed by atoms with van der Waals surface area (Å²) in [7, 11) is 0. The van der Waals surface area contributed by atoms with Crippen molar-refractivity contribution in [3.05, 3.63) is 72.8 Å². The highest BCUT2D eigenvalue weighted by molar-refractivity contribution is 6.21. The maximum Gasteiger partial charge on any atom is 0.164 e. The molecule has 2 heterocycles. The maximum absolute atomic E-state index is 12.4. The van der Waals surface area contributed by atoms with Crippen LogP contribution in [0.2, 0.25) is 0 Å². The normalized spacial score (nSPS) is 11.5. The summed E-state index contributed by atoms with van der Waals surface area (Å²) in [6.07, 6.45) is 8.92. The minimum Gasteiger partial charge on any atom is -0.339 e. The van der Waals surface area contributed by atoms with Gasteiger partial charge in [0.15, 0.2) is 11.4 Å². The van der Waals surface area contributed by atoms with Crippen LogP contribution in [0.5, 0.6) is 0 Å². The van der Waals surface area contributed by atoms with E-state index in [-0.39, 0.29) is 5.78 Å². The second-order valence-electron chi connectivity index (χ2n) is 5.65. The molecule has 25 heavy (non-hydrogen) atoms. The van der Waals surface area contributed by atoms with Crippen LogP contribution >= 0.6 is 0 Å². The van der Waals surface area contributed by atoms with Crippen molar-refractivity contribution in [2.75, 3.05) is 5.32 Å². The Balaban J connectivity index is 2.22. The van der Waals surface area contributed by atoms with Crippen molar-refractivity contribution < 1.29 is 4.79 Å². The number of nitrogens with one attached hydrogen (secondary N) is 1. The molecule has 0 aliphatic heterocycles. The molecule has 0 spiro atoms. The molecule has 5 heteroatoms. The number of hydrogen-bond donors (Lipinski definition) is 1. The van der Waals surface area contributed by atoms with Crippen LogP contribution in [0.25, 0.3) is 11.2 Å². The highest BCUT2D eigenvalue weighted by Crippen LogP contribution is 2.30. The molecule has 3 rings (SSSR count). The number of hydrogen-bond acceptors (Lipinski definition) is 4. The zero-order valence-corrected chi connectivity index (χ0v) is 14.4. The molecule has 0 saturated heterocycles. The molecule has 0 atom stereocenters. The molecule has 1 aromatic carbocycles. The van der Waals surface area contributed by atoms with Gasteiger partial charge in [-0.05, 0) is 24.6 Å². The minimum atomic E-state index is 0.0177. The molecule has 0 saturated carbocycles. The smallest absolute Gasteiger partial charge is 0.164 e. The highest BCUT2D eigenvalue weighted by Gasteiger charge is 2.20. The largest absolute Gasteiger partial charge is 0.339 e. The minimum absolute atomic E-state index is 0.0177. The van der Waals surface area contributed by atoms with Gasteiger partial charge >= 0.3 is 0 Å². The van der Waals surface area contributed by atoms with Crippen LogP contribution in [-0.4, -0.2) is 20.2 Å². The number of benzene rings is 1. The van der Waals surface area contributed by atoms with Crippen LogP contribution in [0.4, 0.5) is 11.5 Å². The number of carbonyl (C=O) groups is 1. The molecule has 1 N–H and O–H groups in total. The van der Waals surface area contributed by atoms with Crippen molar-refractivity contribution in [2.45, 2.75) is 20.3 Å². The van der Waals surface area contributed by atoms with Crippen molar-refractivity contribution in [2.24, 2.45) is 0 Å². The zero-order chi connectivity index (χ0) is 17.8. The summed E-state index contributed by atoms with van der Waals surface area (Å²) in [5.41, 5.74) is 3.88. The van der Waals surface area contributed by atoms with E-state index in [0.717, 1.165) is 17.1 Å². The predicted molar refractivity (Wildman–Crippen MR) is 101 cm³/mol. The van der Waals surface area contributed by atoms with E-state index < -0.39 is 0 Å². The van der Waals surface area contributed by atoms with Crippen LogP contribution in [0, 0.1) is 6.92 Å². The van der Waals surface area contributed by atoms with Crippen molar-refractivity contribution >= 4 is 28.5 Å². The third-order valence-corrected chi connectivity index (χ3v) is 3.99. The number of carbonyl (C=O) groups excluding carboxylic acids is 1. The van der Waals surface area contributed by atoms with E-state index in [9.17, 15) is 4.79 Å². The SMILES string of the molecule is C=C/C=C(\C(=O)CC)c1nc2cnccn2c1Nc1ccccc1C. The first-order valence-corrected chi connectivity index (χ1v) is 8.16. The number of allylic oxidation sites excluding steroid dienone is 3. The predicted octanol–water partition coefficient (Wildman–Crippen LogP) is 4.33. The summed E-state index contributed by atoms with van der Waals surface area (Å²) >= 11 is 0. The maximum atomic E-state index is 12.4. The summed E-state index contributed by atoms with van der Waals surface area (Å²) in [6, 6.07) is 7.99. The Kier molecular flexibility index (Phi) is 4.75. The number of nitrogens with zero attached hydrogens (tertiary/aromatic N) is 3. The Morgan fingerprint density at radius 1 is 1.36 bits per heavy atom. The fourth-order valence-corrected chi connectivity index (χ4v) is 2.67. The van der Waals surface area contributed by atoms with Gasteiger partial charge in [-0.3, -0.25) is 14.2 Å². The lowest BCUT2D eigenvalue weighted by molar-refractivity contribution is -0.113. The molecule has 0 aliphatic carbocycles. The quantitative estimate of drug-likeness (QED) is 0.539. The molecule has 0 fully saturated rings. The average molecular weight is 332 g/mol. The first-order chi connectivity index (χ1) is 12.2. The van der Waals surface area contributed by atoms with Crippen molar-refractivity contribution in [1.82, 2.24) is 14.4 Å². The molecule has 2 aromatic heterocycles. The van der Waals surface area contributed by atoms with Gasteiger partial charge in [-0.1, -0.05) is 37.8 Å².